The highest BCUT2D eigenvalue weighted by atomic mass is 16.1. The molecule has 3 heteroatoms. The third-order valence-electron chi connectivity index (χ3n) is 3.55. The van der Waals surface area contributed by atoms with Crippen LogP contribution < -0.4 is 5.32 Å². The summed E-state index contributed by atoms with van der Waals surface area (Å²) in [5.41, 5.74) is 5.10. The van der Waals surface area contributed by atoms with Crippen LogP contribution in [0.5, 0.6) is 0 Å². The van der Waals surface area contributed by atoms with E-state index in [1.807, 2.05) is 62.7 Å². The number of carbonyl (C=O) groups excluding carboxylic acids is 1. The van der Waals surface area contributed by atoms with Crippen LogP contribution in [0.4, 0.5) is 5.69 Å². The minimum Gasteiger partial charge on any atom is -0.378 e. The molecule has 0 aliphatic rings. The number of ketones is 1. The molecule has 19 heavy (non-hydrogen) atoms. The second-order valence-electron chi connectivity index (χ2n) is 4.99. The number of hydrogen-bond acceptors (Lipinski definition) is 2. The quantitative estimate of drug-likeness (QED) is 0.852. The van der Waals surface area contributed by atoms with E-state index in [4.69, 9.17) is 0 Å². The zero-order chi connectivity index (χ0) is 14.0. The van der Waals surface area contributed by atoms with Gasteiger partial charge in [-0.15, -0.1) is 0 Å². The largest absolute Gasteiger partial charge is 0.378 e. The lowest BCUT2D eigenvalue weighted by atomic mass is 10.1. The van der Waals surface area contributed by atoms with Crippen molar-refractivity contribution in [3.63, 3.8) is 0 Å². The van der Waals surface area contributed by atoms with Gasteiger partial charge in [-0.2, -0.15) is 0 Å². The normalized spacial score (nSPS) is 10.5. The Kier molecular flexibility index (Phi) is 3.74. The predicted molar refractivity (Wildman–Crippen MR) is 78.9 cm³/mol. The van der Waals surface area contributed by atoms with Crippen molar-refractivity contribution >= 4 is 11.5 Å². The number of nitrogens with zero attached hydrogens (tertiary/aromatic N) is 1. The summed E-state index contributed by atoms with van der Waals surface area (Å²) in [4.78, 5) is 12.2. The van der Waals surface area contributed by atoms with Gasteiger partial charge in [0.1, 0.15) is 0 Å². The van der Waals surface area contributed by atoms with E-state index >= 15 is 0 Å². The van der Waals surface area contributed by atoms with Crippen molar-refractivity contribution in [1.82, 2.24) is 4.57 Å². The van der Waals surface area contributed by atoms with Gasteiger partial charge in [-0.25, -0.2) is 0 Å². The molecule has 0 saturated carbocycles. The molecular weight excluding hydrogens is 236 g/mol. The number of aromatic nitrogens is 1. The first-order valence-corrected chi connectivity index (χ1v) is 6.45. The second kappa shape index (κ2) is 5.31. The highest BCUT2D eigenvalue weighted by Gasteiger charge is 2.13. The van der Waals surface area contributed by atoms with Crippen LogP contribution in [0.3, 0.4) is 0 Å². The minimum atomic E-state index is 0.128. The zero-order valence-electron chi connectivity index (χ0n) is 11.9. The SMILES string of the molecule is Cc1cccc(NCC(=O)c2cc(C)n(C)c2C)c1. The standard InChI is InChI=1S/C16H20N2O/c1-11-6-5-7-14(8-11)17-10-16(19)15-9-12(2)18(4)13(15)3/h5-9,17H,10H2,1-4H3. The molecule has 1 aromatic carbocycles. The maximum absolute atomic E-state index is 12.2. The van der Waals surface area contributed by atoms with E-state index in [1.54, 1.807) is 0 Å². The number of rotatable bonds is 4. The van der Waals surface area contributed by atoms with Crippen LogP contribution in [-0.2, 0) is 7.05 Å². The smallest absolute Gasteiger partial charge is 0.183 e. The van der Waals surface area contributed by atoms with E-state index < -0.39 is 0 Å². The Morgan fingerprint density at radius 3 is 2.53 bits per heavy atom. The Hall–Kier alpha value is -2.03. The number of carbonyl (C=O) groups is 1. The number of anilines is 1. The Morgan fingerprint density at radius 1 is 1.21 bits per heavy atom. The number of Topliss-reactive ketones (excluding diaryl/α,β-unsaturated/α-hetero) is 1. The van der Waals surface area contributed by atoms with Gasteiger partial charge >= 0.3 is 0 Å². The fraction of sp³-hybridized carbons (Fsp3) is 0.312. The molecule has 3 nitrogen and oxygen atoms in total. The summed E-state index contributed by atoms with van der Waals surface area (Å²) in [6.45, 7) is 6.36. The predicted octanol–water partition coefficient (Wildman–Crippen LogP) is 3.25. The van der Waals surface area contributed by atoms with Gasteiger partial charge in [0.25, 0.3) is 0 Å². The third-order valence-corrected chi connectivity index (χ3v) is 3.55. The van der Waals surface area contributed by atoms with Crippen LogP contribution in [-0.4, -0.2) is 16.9 Å². The van der Waals surface area contributed by atoms with Crippen molar-refractivity contribution in [3.05, 3.63) is 52.8 Å². The van der Waals surface area contributed by atoms with E-state index in [2.05, 4.69) is 5.32 Å². The summed E-state index contributed by atoms with van der Waals surface area (Å²) in [6.07, 6.45) is 0. The van der Waals surface area contributed by atoms with Crippen molar-refractivity contribution in [2.24, 2.45) is 7.05 Å². The number of benzene rings is 1. The molecule has 100 valence electrons. The van der Waals surface area contributed by atoms with Crippen molar-refractivity contribution in [3.8, 4) is 0 Å². The molecule has 2 rings (SSSR count). The third kappa shape index (κ3) is 2.87. The van der Waals surface area contributed by atoms with Gasteiger partial charge < -0.3 is 9.88 Å². The molecule has 0 saturated heterocycles. The van der Waals surface area contributed by atoms with Crippen LogP contribution in [0.15, 0.2) is 30.3 Å². The Morgan fingerprint density at radius 2 is 1.95 bits per heavy atom. The van der Waals surface area contributed by atoms with Gasteiger partial charge in [0.05, 0.1) is 6.54 Å². The highest BCUT2D eigenvalue weighted by Crippen LogP contribution is 2.15. The first-order chi connectivity index (χ1) is 8.99. The van der Waals surface area contributed by atoms with Crippen molar-refractivity contribution in [1.29, 1.82) is 0 Å². The lowest BCUT2D eigenvalue weighted by Gasteiger charge is -2.06. The molecule has 0 amide bonds. The van der Waals surface area contributed by atoms with E-state index in [-0.39, 0.29) is 5.78 Å². The van der Waals surface area contributed by atoms with Gasteiger partial charge in [0.15, 0.2) is 5.78 Å². The Balaban J connectivity index is 2.07. The number of hydrogen-bond donors (Lipinski definition) is 1. The molecule has 0 spiro atoms. The molecule has 0 aliphatic carbocycles. The first-order valence-electron chi connectivity index (χ1n) is 6.45. The van der Waals surface area contributed by atoms with Crippen LogP contribution >= 0.6 is 0 Å². The molecule has 0 aliphatic heterocycles. The summed E-state index contributed by atoms with van der Waals surface area (Å²) in [7, 11) is 1.98. The zero-order valence-corrected chi connectivity index (χ0v) is 11.9. The Bertz CT molecular complexity index is 611. The summed E-state index contributed by atoms with van der Waals surface area (Å²) in [5, 5.41) is 3.18. The van der Waals surface area contributed by atoms with Crippen LogP contribution in [0.1, 0.15) is 27.3 Å². The van der Waals surface area contributed by atoms with Crippen LogP contribution in [0.2, 0.25) is 0 Å². The lowest BCUT2D eigenvalue weighted by Crippen LogP contribution is -2.14. The van der Waals surface area contributed by atoms with E-state index in [9.17, 15) is 4.79 Å². The fourth-order valence-corrected chi connectivity index (χ4v) is 2.17. The van der Waals surface area contributed by atoms with E-state index in [0.29, 0.717) is 6.54 Å². The van der Waals surface area contributed by atoms with Crippen molar-refractivity contribution in [2.45, 2.75) is 20.8 Å². The molecule has 0 fully saturated rings. The van der Waals surface area contributed by atoms with Gasteiger partial charge in [0.2, 0.25) is 0 Å². The first kappa shape index (κ1) is 13.4. The van der Waals surface area contributed by atoms with Gasteiger partial charge in [-0.1, -0.05) is 12.1 Å². The van der Waals surface area contributed by atoms with Gasteiger partial charge in [-0.3, -0.25) is 4.79 Å². The Labute approximate surface area is 114 Å². The number of nitrogens with one attached hydrogen (secondary N) is 1. The molecule has 0 atom stereocenters. The highest BCUT2D eigenvalue weighted by molar-refractivity contribution is 6.00. The molecule has 1 aromatic heterocycles. The lowest BCUT2D eigenvalue weighted by molar-refractivity contribution is 0.101. The number of aryl methyl sites for hydroxylation is 2. The molecule has 0 radical (unpaired) electrons. The maximum atomic E-state index is 12.2. The molecule has 0 bridgehead atoms. The fourth-order valence-electron chi connectivity index (χ4n) is 2.17. The van der Waals surface area contributed by atoms with E-state index in [1.165, 1.54) is 5.56 Å². The maximum Gasteiger partial charge on any atom is 0.183 e. The van der Waals surface area contributed by atoms with Gasteiger partial charge in [0, 0.05) is 29.7 Å². The summed E-state index contributed by atoms with van der Waals surface area (Å²) >= 11 is 0. The molecule has 1 N–H and O–H groups in total. The average molecular weight is 256 g/mol. The molecule has 0 unspecified atom stereocenters. The van der Waals surface area contributed by atoms with E-state index in [0.717, 1.165) is 22.6 Å². The van der Waals surface area contributed by atoms with Crippen LogP contribution in [0, 0.1) is 20.8 Å². The molecule has 2 aromatic rings. The van der Waals surface area contributed by atoms with Crippen molar-refractivity contribution < 1.29 is 4.79 Å². The summed E-state index contributed by atoms with van der Waals surface area (Å²) in [6, 6.07) is 9.99. The monoisotopic (exact) mass is 256 g/mol. The summed E-state index contributed by atoms with van der Waals surface area (Å²) in [5.74, 6) is 0.128. The average Bonchev–Trinajstić information content (AvgIpc) is 2.64. The summed E-state index contributed by atoms with van der Waals surface area (Å²) < 4.78 is 2.04. The van der Waals surface area contributed by atoms with Gasteiger partial charge in [-0.05, 0) is 44.5 Å². The minimum absolute atomic E-state index is 0.128. The van der Waals surface area contributed by atoms with Crippen LogP contribution in [0.25, 0.3) is 0 Å². The molecular formula is C16H20N2O. The van der Waals surface area contributed by atoms with Crippen molar-refractivity contribution in [2.75, 3.05) is 11.9 Å². The topological polar surface area (TPSA) is 34.0 Å². The molecule has 1 heterocycles. The second-order valence-corrected chi connectivity index (χ2v) is 4.99.